The summed E-state index contributed by atoms with van der Waals surface area (Å²) >= 11 is 12.1. The van der Waals surface area contributed by atoms with Gasteiger partial charge in [0.2, 0.25) is 0 Å². The fourth-order valence-electron chi connectivity index (χ4n) is 2.45. The second-order valence-corrected chi connectivity index (χ2v) is 5.40. The van der Waals surface area contributed by atoms with E-state index in [0.717, 1.165) is 26.2 Å². The molecule has 0 aromatic heterocycles. The van der Waals surface area contributed by atoms with Gasteiger partial charge in [0.05, 0.1) is 5.02 Å². The van der Waals surface area contributed by atoms with Gasteiger partial charge in [-0.2, -0.15) is 0 Å². The molecular formula is C14H18Cl3FN2. The topological polar surface area (TPSA) is 15.3 Å². The average molecular weight is 340 g/mol. The molecule has 0 radical (unpaired) electrons. The molecule has 2 rings (SSSR count). The van der Waals surface area contributed by atoms with E-state index in [0.29, 0.717) is 17.0 Å². The molecule has 1 N–H and O–H groups in total. The predicted octanol–water partition coefficient (Wildman–Crippen LogP) is 4.08. The predicted molar refractivity (Wildman–Crippen MR) is 85.7 cm³/mol. The van der Waals surface area contributed by atoms with Crippen LogP contribution in [0.5, 0.6) is 0 Å². The quantitative estimate of drug-likeness (QED) is 0.657. The third-order valence-electron chi connectivity index (χ3n) is 3.39. The summed E-state index contributed by atoms with van der Waals surface area (Å²) in [5.41, 5.74) is 0.482. The van der Waals surface area contributed by atoms with Crippen molar-refractivity contribution in [2.75, 3.05) is 26.2 Å². The molecule has 1 atom stereocenters. The molecule has 0 saturated carbocycles. The van der Waals surface area contributed by atoms with Crippen LogP contribution in [0, 0.1) is 5.82 Å². The van der Waals surface area contributed by atoms with Crippen molar-refractivity contribution in [1.82, 2.24) is 10.2 Å². The molecule has 1 saturated heterocycles. The zero-order chi connectivity index (χ0) is 13.8. The number of benzene rings is 1. The minimum absolute atomic E-state index is 0. The van der Waals surface area contributed by atoms with Gasteiger partial charge in [0.1, 0.15) is 5.82 Å². The minimum atomic E-state index is -0.417. The molecule has 112 valence electrons. The Morgan fingerprint density at radius 1 is 1.30 bits per heavy atom. The highest BCUT2D eigenvalue weighted by Gasteiger charge is 2.26. The maximum absolute atomic E-state index is 14.3. The molecule has 2 nitrogen and oxygen atoms in total. The van der Waals surface area contributed by atoms with Crippen LogP contribution in [0.3, 0.4) is 0 Å². The molecule has 0 bridgehead atoms. The van der Waals surface area contributed by atoms with Crippen molar-refractivity contribution in [3.63, 3.8) is 0 Å². The first-order chi connectivity index (χ1) is 9.15. The molecule has 0 amide bonds. The van der Waals surface area contributed by atoms with Gasteiger partial charge in [-0.25, -0.2) is 4.39 Å². The Bertz CT molecular complexity index is 462. The van der Waals surface area contributed by atoms with Crippen LogP contribution in [0.1, 0.15) is 18.0 Å². The summed E-state index contributed by atoms with van der Waals surface area (Å²) in [6.07, 6.45) is 2.44. The van der Waals surface area contributed by atoms with E-state index in [1.165, 1.54) is 6.07 Å². The van der Waals surface area contributed by atoms with Crippen molar-refractivity contribution < 1.29 is 4.39 Å². The summed E-state index contributed by atoms with van der Waals surface area (Å²) < 4.78 is 14.3. The maximum Gasteiger partial charge on any atom is 0.148 e. The lowest BCUT2D eigenvalue weighted by atomic mass is 10.0. The van der Waals surface area contributed by atoms with E-state index in [1.54, 1.807) is 12.1 Å². The molecule has 1 heterocycles. The highest BCUT2D eigenvalue weighted by molar-refractivity contribution is 6.33. The summed E-state index contributed by atoms with van der Waals surface area (Å²) in [6.45, 7) is 7.28. The molecule has 0 aliphatic carbocycles. The van der Waals surface area contributed by atoms with E-state index in [2.05, 4.69) is 16.8 Å². The lowest BCUT2D eigenvalue weighted by molar-refractivity contribution is 0.171. The summed E-state index contributed by atoms with van der Waals surface area (Å²) in [6, 6.07) is 3.04. The van der Waals surface area contributed by atoms with Crippen LogP contribution in [0.15, 0.2) is 24.8 Å². The van der Waals surface area contributed by atoms with Gasteiger partial charge in [0, 0.05) is 42.8 Å². The summed E-state index contributed by atoms with van der Waals surface area (Å²) in [4.78, 5) is 2.22. The Morgan fingerprint density at radius 3 is 2.50 bits per heavy atom. The van der Waals surface area contributed by atoms with Crippen LogP contribution in [0.2, 0.25) is 10.0 Å². The van der Waals surface area contributed by atoms with E-state index in [4.69, 9.17) is 23.2 Å². The Morgan fingerprint density at radius 2 is 1.90 bits per heavy atom. The van der Waals surface area contributed by atoms with Crippen molar-refractivity contribution in [2.24, 2.45) is 0 Å². The first-order valence-corrected chi connectivity index (χ1v) is 7.09. The molecule has 1 aliphatic rings. The first-order valence-electron chi connectivity index (χ1n) is 6.34. The summed E-state index contributed by atoms with van der Waals surface area (Å²) in [5.74, 6) is -0.417. The molecule has 1 aliphatic heterocycles. The van der Waals surface area contributed by atoms with Gasteiger partial charge in [0.15, 0.2) is 0 Å². The average Bonchev–Trinajstić information content (AvgIpc) is 2.43. The van der Waals surface area contributed by atoms with Gasteiger partial charge in [0.25, 0.3) is 0 Å². The maximum atomic E-state index is 14.3. The summed E-state index contributed by atoms with van der Waals surface area (Å²) in [5, 5.41) is 3.82. The molecule has 20 heavy (non-hydrogen) atoms. The number of nitrogens with zero attached hydrogens (tertiary/aromatic N) is 1. The van der Waals surface area contributed by atoms with Gasteiger partial charge in [-0.15, -0.1) is 19.0 Å². The standard InChI is InChI=1S/C14H17Cl2FN2.ClH/c1-2-3-12(19-8-6-18-7-9-19)13-10(15)4-5-11(16)14(13)17;/h2,4-5,12,18H,1,3,6-9H2;1H/t12-;/m0./s1. The number of hydrogen-bond acceptors (Lipinski definition) is 2. The normalized spacial score (nSPS) is 17.4. The van der Waals surface area contributed by atoms with Crippen molar-refractivity contribution in [1.29, 1.82) is 0 Å². The van der Waals surface area contributed by atoms with Gasteiger partial charge in [-0.3, -0.25) is 4.90 Å². The van der Waals surface area contributed by atoms with Crippen LogP contribution in [-0.2, 0) is 0 Å². The number of piperazine rings is 1. The lowest BCUT2D eigenvalue weighted by Gasteiger charge is -2.35. The second-order valence-electron chi connectivity index (χ2n) is 4.58. The zero-order valence-corrected chi connectivity index (χ0v) is 13.4. The van der Waals surface area contributed by atoms with Crippen LogP contribution < -0.4 is 5.32 Å². The van der Waals surface area contributed by atoms with Crippen molar-refractivity contribution in [3.8, 4) is 0 Å². The molecular weight excluding hydrogens is 322 g/mol. The van der Waals surface area contributed by atoms with Crippen molar-refractivity contribution in [2.45, 2.75) is 12.5 Å². The highest BCUT2D eigenvalue weighted by Crippen LogP contribution is 2.35. The fraction of sp³-hybridized carbons (Fsp3) is 0.429. The number of hydrogen-bond donors (Lipinski definition) is 1. The van der Waals surface area contributed by atoms with Gasteiger partial charge in [-0.1, -0.05) is 29.3 Å². The van der Waals surface area contributed by atoms with E-state index in [1.807, 2.05) is 0 Å². The van der Waals surface area contributed by atoms with Crippen LogP contribution in [-0.4, -0.2) is 31.1 Å². The Hall–Kier alpha value is -0.320. The van der Waals surface area contributed by atoms with Crippen LogP contribution in [0.4, 0.5) is 4.39 Å². The van der Waals surface area contributed by atoms with Gasteiger partial charge in [-0.05, 0) is 18.6 Å². The van der Waals surface area contributed by atoms with Crippen molar-refractivity contribution in [3.05, 3.63) is 46.2 Å². The number of rotatable bonds is 4. The summed E-state index contributed by atoms with van der Waals surface area (Å²) in [7, 11) is 0. The zero-order valence-electron chi connectivity index (χ0n) is 11.0. The minimum Gasteiger partial charge on any atom is -0.314 e. The molecule has 0 unspecified atom stereocenters. The van der Waals surface area contributed by atoms with Crippen LogP contribution >= 0.6 is 35.6 Å². The van der Waals surface area contributed by atoms with E-state index >= 15 is 0 Å². The second kappa shape index (κ2) is 8.20. The Balaban J connectivity index is 0.00000200. The fourth-order valence-corrected chi connectivity index (χ4v) is 2.89. The van der Waals surface area contributed by atoms with E-state index in [-0.39, 0.29) is 23.5 Å². The Labute approximate surface area is 135 Å². The third kappa shape index (κ3) is 3.86. The number of halogens is 4. The largest absolute Gasteiger partial charge is 0.314 e. The smallest absolute Gasteiger partial charge is 0.148 e. The number of nitrogens with one attached hydrogen (secondary N) is 1. The molecule has 6 heteroatoms. The Kier molecular flexibility index (Phi) is 7.27. The SMILES string of the molecule is C=CC[C@@H](c1c(Cl)ccc(Cl)c1F)N1CCNCC1.Cl. The van der Waals surface area contributed by atoms with E-state index in [9.17, 15) is 4.39 Å². The first kappa shape index (κ1) is 17.7. The van der Waals surface area contributed by atoms with Gasteiger partial charge >= 0.3 is 0 Å². The molecule has 1 aromatic carbocycles. The van der Waals surface area contributed by atoms with Crippen LogP contribution in [0.25, 0.3) is 0 Å². The monoisotopic (exact) mass is 338 g/mol. The van der Waals surface area contributed by atoms with Crippen molar-refractivity contribution >= 4 is 35.6 Å². The third-order valence-corrected chi connectivity index (χ3v) is 4.02. The van der Waals surface area contributed by atoms with Gasteiger partial charge < -0.3 is 5.32 Å². The van der Waals surface area contributed by atoms with E-state index < -0.39 is 5.82 Å². The molecule has 1 fully saturated rings. The highest BCUT2D eigenvalue weighted by atomic mass is 35.5. The molecule has 0 spiro atoms. The molecule has 1 aromatic rings. The lowest BCUT2D eigenvalue weighted by Crippen LogP contribution is -2.45.